The van der Waals surface area contributed by atoms with Crippen LogP contribution in [0.2, 0.25) is 0 Å². The van der Waals surface area contributed by atoms with Gasteiger partial charge in [0, 0.05) is 11.3 Å². The molecule has 1 fully saturated rings. The molecular formula is C9H10N2O2S. The number of nitrogens with one attached hydrogen (secondary N) is 2. The van der Waals surface area contributed by atoms with Crippen LogP contribution in [0.4, 0.5) is 0 Å². The third kappa shape index (κ3) is 1.93. The first-order chi connectivity index (χ1) is 6.75. The lowest BCUT2D eigenvalue weighted by molar-refractivity contribution is -0.133. The minimum atomic E-state index is -0.408. The van der Waals surface area contributed by atoms with Crippen molar-refractivity contribution < 1.29 is 9.59 Å². The minimum absolute atomic E-state index is 0.0970. The SMILES string of the molecule is O=C1CNC(=O)C(Cc2cccs2)N1. The predicted octanol–water partition coefficient (Wildman–Crippen LogP) is -0.0948. The second kappa shape index (κ2) is 3.79. The van der Waals surface area contributed by atoms with Gasteiger partial charge in [0.05, 0.1) is 6.54 Å². The van der Waals surface area contributed by atoms with Crippen LogP contribution in [-0.4, -0.2) is 24.4 Å². The molecule has 5 heteroatoms. The second-order valence-electron chi connectivity index (χ2n) is 3.12. The summed E-state index contributed by atoms with van der Waals surface area (Å²) in [6, 6.07) is 3.48. The average Bonchev–Trinajstić information content (AvgIpc) is 2.64. The minimum Gasteiger partial charge on any atom is -0.345 e. The molecule has 0 radical (unpaired) electrons. The van der Waals surface area contributed by atoms with Crippen molar-refractivity contribution in [2.75, 3.05) is 6.54 Å². The fourth-order valence-electron chi connectivity index (χ4n) is 1.38. The van der Waals surface area contributed by atoms with Gasteiger partial charge in [0.25, 0.3) is 0 Å². The third-order valence-corrected chi connectivity index (χ3v) is 2.96. The molecule has 0 aromatic carbocycles. The van der Waals surface area contributed by atoms with Crippen molar-refractivity contribution in [3.8, 4) is 0 Å². The molecule has 1 atom stereocenters. The summed E-state index contributed by atoms with van der Waals surface area (Å²) < 4.78 is 0. The van der Waals surface area contributed by atoms with Gasteiger partial charge in [-0.25, -0.2) is 0 Å². The van der Waals surface area contributed by atoms with Crippen LogP contribution < -0.4 is 10.6 Å². The van der Waals surface area contributed by atoms with Crippen LogP contribution in [0.1, 0.15) is 4.88 Å². The second-order valence-corrected chi connectivity index (χ2v) is 4.15. The van der Waals surface area contributed by atoms with E-state index in [0.29, 0.717) is 6.42 Å². The summed E-state index contributed by atoms with van der Waals surface area (Å²) in [6.07, 6.45) is 0.579. The van der Waals surface area contributed by atoms with Crippen LogP contribution in [0.15, 0.2) is 17.5 Å². The Labute approximate surface area is 85.3 Å². The number of hydrogen-bond acceptors (Lipinski definition) is 3. The van der Waals surface area contributed by atoms with Crippen LogP contribution in [0.25, 0.3) is 0 Å². The molecule has 0 saturated carbocycles. The van der Waals surface area contributed by atoms with E-state index < -0.39 is 6.04 Å². The van der Waals surface area contributed by atoms with Crippen molar-refractivity contribution in [1.29, 1.82) is 0 Å². The zero-order valence-corrected chi connectivity index (χ0v) is 8.26. The van der Waals surface area contributed by atoms with Crippen molar-refractivity contribution in [2.45, 2.75) is 12.5 Å². The molecule has 0 spiro atoms. The monoisotopic (exact) mass is 210 g/mol. The molecule has 1 aromatic heterocycles. The summed E-state index contributed by atoms with van der Waals surface area (Å²) in [5.41, 5.74) is 0. The number of amides is 2. The van der Waals surface area contributed by atoms with Gasteiger partial charge >= 0.3 is 0 Å². The van der Waals surface area contributed by atoms with E-state index in [1.807, 2.05) is 17.5 Å². The van der Waals surface area contributed by atoms with Gasteiger partial charge in [0.2, 0.25) is 11.8 Å². The molecule has 1 aliphatic heterocycles. The summed E-state index contributed by atoms with van der Waals surface area (Å²) in [5, 5.41) is 7.16. The summed E-state index contributed by atoms with van der Waals surface area (Å²) in [4.78, 5) is 23.5. The lowest BCUT2D eigenvalue weighted by Crippen LogP contribution is -2.56. The number of carbonyl (C=O) groups excluding carboxylic acids is 2. The summed E-state index contributed by atoms with van der Waals surface area (Å²) >= 11 is 1.59. The van der Waals surface area contributed by atoms with E-state index in [0.717, 1.165) is 4.88 Å². The van der Waals surface area contributed by atoms with Crippen molar-refractivity contribution >= 4 is 23.2 Å². The van der Waals surface area contributed by atoms with Crippen molar-refractivity contribution in [1.82, 2.24) is 10.6 Å². The number of rotatable bonds is 2. The van der Waals surface area contributed by atoms with Crippen LogP contribution in [0.3, 0.4) is 0 Å². The van der Waals surface area contributed by atoms with Gasteiger partial charge in [-0.3, -0.25) is 9.59 Å². The van der Waals surface area contributed by atoms with E-state index >= 15 is 0 Å². The molecule has 1 aromatic rings. The Hall–Kier alpha value is -1.36. The van der Waals surface area contributed by atoms with Crippen molar-refractivity contribution in [2.24, 2.45) is 0 Å². The quantitative estimate of drug-likeness (QED) is 0.716. The summed E-state index contributed by atoms with van der Waals surface area (Å²) in [7, 11) is 0. The first-order valence-electron chi connectivity index (χ1n) is 4.35. The molecule has 2 N–H and O–H groups in total. The molecule has 2 amide bonds. The number of thiophene rings is 1. The topological polar surface area (TPSA) is 58.2 Å². The van der Waals surface area contributed by atoms with Gasteiger partial charge in [-0.05, 0) is 11.4 Å². The highest BCUT2D eigenvalue weighted by Crippen LogP contribution is 2.11. The Morgan fingerprint density at radius 3 is 3.07 bits per heavy atom. The van der Waals surface area contributed by atoms with Crippen LogP contribution in [0.5, 0.6) is 0 Å². The highest BCUT2D eigenvalue weighted by Gasteiger charge is 2.25. The zero-order valence-electron chi connectivity index (χ0n) is 7.45. The van der Waals surface area contributed by atoms with Crippen LogP contribution in [0, 0.1) is 0 Å². The molecule has 4 nitrogen and oxygen atoms in total. The fourth-order valence-corrected chi connectivity index (χ4v) is 2.13. The van der Waals surface area contributed by atoms with Gasteiger partial charge in [-0.2, -0.15) is 0 Å². The van der Waals surface area contributed by atoms with Crippen LogP contribution in [-0.2, 0) is 16.0 Å². The molecule has 0 bridgehead atoms. The van der Waals surface area contributed by atoms with E-state index in [-0.39, 0.29) is 18.4 Å². The summed E-state index contributed by atoms with van der Waals surface area (Å²) in [5.74, 6) is -0.218. The smallest absolute Gasteiger partial charge is 0.243 e. The third-order valence-electron chi connectivity index (χ3n) is 2.06. The van der Waals surface area contributed by atoms with E-state index in [9.17, 15) is 9.59 Å². The predicted molar refractivity (Wildman–Crippen MR) is 53.0 cm³/mol. The Morgan fingerprint density at radius 2 is 2.36 bits per heavy atom. The van der Waals surface area contributed by atoms with E-state index in [1.54, 1.807) is 11.3 Å². The Morgan fingerprint density at radius 1 is 1.50 bits per heavy atom. The average molecular weight is 210 g/mol. The lowest BCUT2D eigenvalue weighted by Gasteiger charge is -2.22. The van der Waals surface area contributed by atoms with Crippen molar-refractivity contribution in [3.63, 3.8) is 0 Å². The normalized spacial score (nSPS) is 21.6. The molecular weight excluding hydrogens is 200 g/mol. The molecule has 74 valence electrons. The maximum absolute atomic E-state index is 11.3. The number of piperazine rings is 1. The number of carbonyl (C=O) groups is 2. The Bertz CT molecular complexity index is 348. The maximum atomic E-state index is 11.3. The standard InChI is InChI=1S/C9H10N2O2S/c12-8-5-10-9(13)7(11-8)4-6-2-1-3-14-6/h1-3,7H,4-5H2,(H,10,13)(H,11,12). The molecule has 1 saturated heterocycles. The highest BCUT2D eigenvalue weighted by molar-refractivity contribution is 7.09. The van der Waals surface area contributed by atoms with E-state index in [1.165, 1.54) is 0 Å². The Kier molecular flexibility index (Phi) is 2.49. The maximum Gasteiger partial charge on any atom is 0.243 e. The molecule has 14 heavy (non-hydrogen) atoms. The Balaban J connectivity index is 2.02. The van der Waals surface area contributed by atoms with Gasteiger partial charge in [-0.15, -0.1) is 11.3 Å². The van der Waals surface area contributed by atoms with Gasteiger partial charge in [-0.1, -0.05) is 6.07 Å². The zero-order chi connectivity index (χ0) is 9.97. The summed E-state index contributed by atoms with van der Waals surface area (Å²) in [6.45, 7) is 0.0970. The molecule has 0 aliphatic carbocycles. The largest absolute Gasteiger partial charge is 0.345 e. The van der Waals surface area contributed by atoms with Gasteiger partial charge < -0.3 is 10.6 Å². The van der Waals surface area contributed by atoms with Gasteiger partial charge in [0.15, 0.2) is 0 Å². The number of hydrogen-bond donors (Lipinski definition) is 2. The van der Waals surface area contributed by atoms with Crippen molar-refractivity contribution in [3.05, 3.63) is 22.4 Å². The lowest BCUT2D eigenvalue weighted by atomic mass is 10.1. The first-order valence-corrected chi connectivity index (χ1v) is 5.23. The molecule has 2 rings (SSSR count). The van der Waals surface area contributed by atoms with E-state index in [4.69, 9.17) is 0 Å². The van der Waals surface area contributed by atoms with Gasteiger partial charge in [0.1, 0.15) is 6.04 Å². The fraction of sp³-hybridized carbons (Fsp3) is 0.333. The highest BCUT2D eigenvalue weighted by atomic mass is 32.1. The van der Waals surface area contributed by atoms with E-state index in [2.05, 4.69) is 10.6 Å². The molecule has 1 aliphatic rings. The first kappa shape index (κ1) is 9.21. The molecule has 1 unspecified atom stereocenters. The van der Waals surface area contributed by atoms with Crippen LogP contribution >= 0.6 is 11.3 Å². The molecule has 2 heterocycles.